The molecule has 0 amide bonds. The minimum Gasteiger partial charge on any atom is -0.309 e. The second-order valence-electron chi connectivity index (χ2n) is 5.85. The van der Waals surface area contributed by atoms with Gasteiger partial charge >= 0.3 is 0 Å². The molecule has 3 rings (SSSR count). The molecule has 1 atom stereocenters. The van der Waals surface area contributed by atoms with Gasteiger partial charge in [0.2, 0.25) is 0 Å². The average molecular weight is 283 g/mol. The summed E-state index contributed by atoms with van der Waals surface area (Å²) in [7, 11) is 4.28. The summed E-state index contributed by atoms with van der Waals surface area (Å²) >= 11 is 1.89. The Morgan fingerprint density at radius 3 is 2.55 bits per heavy atom. The summed E-state index contributed by atoms with van der Waals surface area (Å²) in [5, 5.41) is 2.81. The molecule has 0 fully saturated rings. The monoisotopic (exact) mass is 283 g/mol. The van der Waals surface area contributed by atoms with E-state index in [1.807, 2.05) is 11.3 Å². The third kappa shape index (κ3) is 2.58. The van der Waals surface area contributed by atoms with Gasteiger partial charge in [0.15, 0.2) is 0 Å². The van der Waals surface area contributed by atoms with Crippen molar-refractivity contribution >= 4 is 31.5 Å². The van der Waals surface area contributed by atoms with Crippen molar-refractivity contribution in [3.8, 4) is 0 Å². The summed E-state index contributed by atoms with van der Waals surface area (Å²) in [6.45, 7) is 3.48. The molecule has 1 aromatic heterocycles. The topological polar surface area (TPSA) is 3.24 Å². The van der Waals surface area contributed by atoms with Gasteiger partial charge in [0.05, 0.1) is 0 Å². The zero-order chi connectivity index (χ0) is 14.1. The Kier molecular flexibility index (Phi) is 3.77. The van der Waals surface area contributed by atoms with Crippen LogP contribution in [-0.2, 0) is 0 Å². The first-order valence-corrected chi connectivity index (χ1v) is 8.03. The summed E-state index contributed by atoms with van der Waals surface area (Å²) < 4.78 is 2.79. The van der Waals surface area contributed by atoms with E-state index in [1.54, 1.807) is 0 Å². The Morgan fingerprint density at radius 1 is 1.00 bits per heavy atom. The molecule has 1 nitrogen and oxygen atoms in total. The van der Waals surface area contributed by atoms with Gasteiger partial charge in [0, 0.05) is 20.2 Å². The van der Waals surface area contributed by atoms with Crippen LogP contribution in [0.25, 0.3) is 20.2 Å². The number of hydrogen-bond acceptors (Lipinski definition) is 2. The molecule has 104 valence electrons. The van der Waals surface area contributed by atoms with Crippen molar-refractivity contribution in [2.75, 3.05) is 20.6 Å². The van der Waals surface area contributed by atoms with E-state index >= 15 is 0 Å². The number of thiophene rings is 1. The van der Waals surface area contributed by atoms with Gasteiger partial charge in [-0.2, -0.15) is 0 Å². The van der Waals surface area contributed by atoms with Gasteiger partial charge in [-0.3, -0.25) is 0 Å². The molecular weight excluding hydrogens is 262 g/mol. The van der Waals surface area contributed by atoms with Crippen LogP contribution in [0.5, 0.6) is 0 Å². The predicted octanol–water partition coefficient (Wildman–Crippen LogP) is 5.11. The zero-order valence-corrected chi connectivity index (χ0v) is 13.2. The van der Waals surface area contributed by atoms with E-state index in [1.165, 1.54) is 32.2 Å². The molecule has 1 unspecified atom stereocenters. The smallest absolute Gasteiger partial charge is 0.0355 e. The predicted molar refractivity (Wildman–Crippen MR) is 90.9 cm³/mol. The van der Waals surface area contributed by atoms with Crippen molar-refractivity contribution in [2.24, 2.45) is 0 Å². The maximum Gasteiger partial charge on any atom is 0.0355 e. The molecular formula is C18H21NS. The Balaban J connectivity index is 1.99. The molecule has 0 spiro atoms. The fourth-order valence-corrected chi connectivity index (χ4v) is 3.76. The van der Waals surface area contributed by atoms with Crippen LogP contribution in [0.4, 0.5) is 0 Å². The van der Waals surface area contributed by atoms with E-state index < -0.39 is 0 Å². The Morgan fingerprint density at radius 2 is 1.75 bits per heavy atom. The highest BCUT2D eigenvalue weighted by molar-refractivity contribution is 7.25. The summed E-state index contributed by atoms with van der Waals surface area (Å²) in [5.41, 5.74) is 1.46. The van der Waals surface area contributed by atoms with Gasteiger partial charge in [-0.1, -0.05) is 31.2 Å². The van der Waals surface area contributed by atoms with Crippen LogP contribution >= 0.6 is 11.3 Å². The van der Waals surface area contributed by atoms with Gasteiger partial charge in [0.25, 0.3) is 0 Å². The largest absolute Gasteiger partial charge is 0.309 e. The van der Waals surface area contributed by atoms with Crippen molar-refractivity contribution in [2.45, 2.75) is 19.3 Å². The fourth-order valence-electron chi connectivity index (χ4n) is 2.67. The van der Waals surface area contributed by atoms with Crippen molar-refractivity contribution in [3.05, 3.63) is 48.0 Å². The van der Waals surface area contributed by atoms with Crippen LogP contribution in [0.3, 0.4) is 0 Å². The molecule has 2 heteroatoms. The quantitative estimate of drug-likeness (QED) is 0.643. The Bertz CT molecular complexity index is 726. The molecule has 0 aliphatic carbocycles. The van der Waals surface area contributed by atoms with Crippen LogP contribution in [0.2, 0.25) is 0 Å². The van der Waals surface area contributed by atoms with Crippen LogP contribution < -0.4 is 0 Å². The minimum atomic E-state index is 0.612. The Labute approximate surface area is 124 Å². The molecule has 3 aromatic rings. The minimum absolute atomic E-state index is 0.612. The van der Waals surface area contributed by atoms with Crippen LogP contribution in [0, 0.1) is 0 Å². The molecule has 0 saturated heterocycles. The first-order chi connectivity index (χ1) is 9.65. The Hall–Kier alpha value is -1.38. The van der Waals surface area contributed by atoms with E-state index in [0.29, 0.717) is 5.92 Å². The van der Waals surface area contributed by atoms with Crippen molar-refractivity contribution < 1.29 is 0 Å². The van der Waals surface area contributed by atoms with Crippen LogP contribution in [0.15, 0.2) is 42.5 Å². The van der Waals surface area contributed by atoms with Crippen molar-refractivity contribution in [1.82, 2.24) is 4.90 Å². The maximum absolute atomic E-state index is 2.40. The molecule has 20 heavy (non-hydrogen) atoms. The third-order valence-corrected chi connectivity index (χ3v) is 5.13. The standard InChI is InChI=1S/C18H21NS/c1-13(10-11-19(2)3)14-8-9-18-16(12-14)15-6-4-5-7-17(15)20-18/h4-9,12-13H,10-11H2,1-3H3. The number of hydrogen-bond donors (Lipinski definition) is 0. The van der Waals surface area contributed by atoms with Crippen LogP contribution in [-0.4, -0.2) is 25.5 Å². The lowest BCUT2D eigenvalue weighted by molar-refractivity contribution is 0.386. The van der Waals surface area contributed by atoms with Crippen LogP contribution in [0.1, 0.15) is 24.8 Å². The lowest BCUT2D eigenvalue weighted by Crippen LogP contribution is -2.14. The van der Waals surface area contributed by atoms with E-state index in [2.05, 4.69) is 68.4 Å². The molecule has 0 N–H and O–H groups in total. The lowest BCUT2D eigenvalue weighted by atomic mass is 9.96. The number of rotatable bonds is 4. The fraction of sp³-hybridized carbons (Fsp3) is 0.333. The number of nitrogens with zero attached hydrogens (tertiary/aromatic N) is 1. The van der Waals surface area contributed by atoms with Gasteiger partial charge in [-0.25, -0.2) is 0 Å². The molecule has 2 aromatic carbocycles. The first kappa shape index (κ1) is 13.6. The zero-order valence-electron chi connectivity index (χ0n) is 12.4. The molecule has 1 heterocycles. The first-order valence-electron chi connectivity index (χ1n) is 7.21. The maximum atomic E-state index is 2.40. The second kappa shape index (κ2) is 5.55. The number of benzene rings is 2. The third-order valence-electron chi connectivity index (χ3n) is 3.98. The lowest BCUT2D eigenvalue weighted by Gasteiger charge is -2.15. The second-order valence-corrected chi connectivity index (χ2v) is 6.93. The highest BCUT2D eigenvalue weighted by Gasteiger charge is 2.10. The highest BCUT2D eigenvalue weighted by Crippen LogP contribution is 2.35. The van der Waals surface area contributed by atoms with E-state index in [9.17, 15) is 0 Å². The number of fused-ring (bicyclic) bond motifs is 3. The van der Waals surface area contributed by atoms with Crippen molar-refractivity contribution in [3.63, 3.8) is 0 Å². The van der Waals surface area contributed by atoms with E-state index in [0.717, 1.165) is 6.54 Å². The van der Waals surface area contributed by atoms with Gasteiger partial charge in [0.1, 0.15) is 0 Å². The molecule has 0 radical (unpaired) electrons. The summed E-state index contributed by atoms with van der Waals surface area (Å²) in [5.74, 6) is 0.612. The SMILES string of the molecule is CC(CCN(C)C)c1ccc2sc3ccccc3c2c1. The highest BCUT2D eigenvalue weighted by atomic mass is 32.1. The van der Waals surface area contributed by atoms with Gasteiger partial charge in [-0.15, -0.1) is 11.3 Å². The van der Waals surface area contributed by atoms with Gasteiger partial charge in [-0.05, 0) is 56.7 Å². The van der Waals surface area contributed by atoms with Gasteiger partial charge < -0.3 is 4.90 Å². The normalized spacial score (nSPS) is 13.4. The molecule has 0 aliphatic heterocycles. The molecule has 0 bridgehead atoms. The summed E-state index contributed by atoms with van der Waals surface area (Å²) in [6, 6.07) is 15.7. The molecule has 0 saturated carbocycles. The molecule has 0 aliphatic rings. The van der Waals surface area contributed by atoms with E-state index in [4.69, 9.17) is 0 Å². The van der Waals surface area contributed by atoms with E-state index in [-0.39, 0.29) is 0 Å². The summed E-state index contributed by atoms with van der Waals surface area (Å²) in [6.07, 6.45) is 1.21. The average Bonchev–Trinajstić information content (AvgIpc) is 2.82. The summed E-state index contributed by atoms with van der Waals surface area (Å²) in [4.78, 5) is 2.26. The van der Waals surface area contributed by atoms with Crippen molar-refractivity contribution in [1.29, 1.82) is 0 Å².